The molecule has 1 aliphatic carbocycles. The highest BCUT2D eigenvalue weighted by atomic mass is 19.4. The van der Waals surface area contributed by atoms with Crippen molar-refractivity contribution < 1.29 is 18.3 Å². The van der Waals surface area contributed by atoms with E-state index in [1.807, 2.05) is 38.1 Å². The third kappa shape index (κ3) is 5.11. The van der Waals surface area contributed by atoms with Crippen LogP contribution in [0, 0.1) is 12.3 Å². The van der Waals surface area contributed by atoms with E-state index in [0.29, 0.717) is 25.1 Å². The standard InChI is InChI=1S/C22H27F3N8O/c1-13-30-31-32-33(13)17-7-5-4-6-14(17)11-26-20-27-12-16(22(23,24)25)19(29-20)28-15-8-9-18(34)21(2,3)10-15/h4-7,12,15,18,34H,8-11H2,1-3H3,(H2,26,27,28,29)/t15-,18+/m1/s1. The van der Waals surface area contributed by atoms with E-state index in [2.05, 4.69) is 36.1 Å². The fraction of sp³-hybridized carbons (Fsp3) is 0.500. The van der Waals surface area contributed by atoms with Gasteiger partial charge in [-0.2, -0.15) is 22.8 Å². The molecule has 0 saturated heterocycles. The zero-order chi connectivity index (χ0) is 24.5. The number of aliphatic hydroxyl groups is 1. The summed E-state index contributed by atoms with van der Waals surface area (Å²) < 4.78 is 42.5. The second kappa shape index (κ2) is 9.16. The molecule has 9 nitrogen and oxygen atoms in total. The third-order valence-corrected chi connectivity index (χ3v) is 6.18. The van der Waals surface area contributed by atoms with Crippen LogP contribution in [0.15, 0.2) is 30.5 Å². The lowest BCUT2D eigenvalue weighted by Gasteiger charge is -2.40. The molecule has 1 saturated carbocycles. The molecule has 1 fully saturated rings. The van der Waals surface area contributed by atoms with Crippen LogP contribution in [0.25, 0.3) is 5.69 Å². The predicted molar refractivity (Wildman–Crippen MR) is 119 cm³/mol. The van der Waals surface area contributed by atoms with Crippen LogP contribution in [0.1, 0.15) is 50.1 Å². The average Bonchev–Trinajstić information content (AvgIpc) is 3.20. The van der Waals surface area contributed by atoms with E-state index in [1.54, 1.807) is 11.6 Å². The summed E-state index contributed by atoms with van der Waals surface area (Å²) in [6.45, 7) is 5.84. The number of rotatable bonds is 6. The van der Waals surface area contributed by atoms with Gasteiger partial charge in [0.2, 0.25) is 5.95 Å². The number of anilines is 2. The van der Waals surface area contributed by atoms with Gasteiger partial charge in [0.25, 0.3) is 0 Å². The van der Waals surface area contributed by atoms with Crippen LogP contribution >= 0.6 is 0 Å². The summed E-state index contributed by atoms with van der Waals surface area (Å²) in [5.41, 5.74) is 0.233. The largest absolute Gasteiger partial charge is 0.421 e. The summed E-state index contributed by atoms with van der Waals surface area (Å²) in [4.78, 5) is 8.06. The third-order valence-electron chi connectivity index (χ3n) is 6.18. The van der Waals surface area contributed by atoms with Gasteiger partial charge in [-0.3, -0.25) is 0 Å². The number of tetrazole rings is 1. The molecule has 2 aromatic heterocycles. The Morgan fingerprint density at radius 2 is 1.97 bits per heavy atom. The first-order valence-electron chi connectivity index (χ1n) is 11.0. The highest BCUT2D eigenvalue weighted by Gasteiger charge is 2.39. The smallest absolute Gasteiger partial charge is 0.393 e. The maximum absolute atomic E-state index is 13.6. The number of hydrogen-bond acceptors (Lipinski definition) is 8. The van der Waals surface area contributed by atoms with Gasteiger partial charge in [0.1, 0.15) is 11.4 Å². The monoisotopic (exact) mass is 476 g/mol. The van der Waals surface area contributed by atoms with E-state index in [-0.39, 0.29) is 24.4 Å². The lowest BCUT2D eigenvalue weighted by Crippen LogP contribution is -2.41. The second-order valence-electron chi connectivity index (χ2n) is 9.20. The van der Waals surface area contributed by atoms with Crippen molar-refractivity contribution >= 4 is 11.8 Å². The van der Waals surface area contributed by atoms with Crippen LogP contribution in [0.5, 0.6) is 0 Å². The first kappa shape index (κ1) is 23.9. The molecule has 2 heterocycles. The Bertz CT molecular complexity index is 1150. The van der Waals surface area contributed by atoms with Crippen LogP contribution in [-0.2, 0) is 12.7 Å². The molecule has 1 aliphatic rings. The van der Waals surface area contributed by atoms with E-state index < -0.39 is 23.3 Å². The topological polar surface area (TPSA) is 114 Å². The number of aliphatic hydroxyl groups excluding tert-OH is 1. The molecular weight excluding hydrogens is 449 g/mol. The van der Waals surface area contributed by atoms with Gasteiger partial charge >= 0.3 is 6.18 Å². The summed E-state index contributed by atoms with van der Waals surface area (Å²) >= 11 is 0. The Morgan fingerprint density at radius 1 is 1.21 bits per heavy atom. The summed E-state index contributed by atoms with van der Waals surface area (Å²) in [6.07, 6.45) is -2.72. The first-order valence-corrected chi connectivity index (χ1v) is 11.0. The number of nitrogens with one attached hydrogen (secondary N) is 2. The highest BCUT2D eigenvalue weighted by Crippen LogP contribution is 2.39. The number of nitrogens with zero attached hydrogens (tertiary/aromatic N) is 6. The highest BCUT2D eigenvalue weighted by molar-refractivity contribution is 5.50. The summed E-state index contributed by atoms with van der Waals surface area (Å²) in [5.74, 6) is 0.394. The molecule has 3 aromatic rings. The molecule has 1 aromatic carbocycles. The van der Waals surface area contributed by atoms with Crippen molar-refractivity contribution in [3.8, 4) is 5.69 Å². The van der Waals surface area contributed by atoms with Gasteiger partial charge in [-0.15, -0.1) is 5.10 Å². The molecular formula is C22H27F3N8O. The molecule has 3 N–H and O–H groups in total. The van der Waals surface area contributed by atoms with Crippen LogP contribution < -0.4 is 10.6 Å². The fourth-order valence-electron chi connectivity index (χ4n) is 4.22. The van der Waals surface area contributed by atoms with Gasteiger partial charge in [-0.05, 0) is 53.7 Å². The number of alkyl halides is 3. The molecule has 0 spiro atoms. The van der Waals surface area contributed by atoms with E-state index in [4.69, 9.17) is 0 Å². The van der Waals surface area contributed by atoms with Crippen molar-refractivity contribution in [1.29, 1.82) is 0 Å². The van der Waals surface area contributed by atoms with Gasteiger partial charge < -0.3 is 15.7 Å². The maximum Gasteiger partial charge on any atom is 0.421 e. The van der Waals surface area contributed by atoms with E-state index >= 15 is 0 Å². The molecule has 182 valence electrons. The van der Waals surface area contributed by atoms with Crippen molar-refractivity contribution in [3.05, 3.63) is 47.4 Å². The Balaban J connectivity index is 1.56. The van der Waals surface area contributed by atoms with Gasteiger partial charge in [0.05, 0.1) is 11.8 Å². The van der Waals surface area contributed by atoms with Crippen LogP contribution in [0.2, 0.25) is 0 Å². The Morgan fingerprint density at radius 3 is 2.65 bits per heavy atom. The van der Waals surface area contributed by atoms with Crippen molar-refractivity contribution in [2.24, 2.45) is 5.41 Å². The summed E-state index contributed by atoms with van der Waals surface area (Å²) in [6, 6.07) is 7.16. The van der Waals surface area contributed by atoms with Crippen molar-refractivity contribution in [2.75, 3.05) is 10.6 Å². The Hall–Kier alpha value is -3.28. The fourth-order valence-corrected chi connectivity index (χ4v) is 4.22. The average molecular weight is 477 g/mol. The van der Waals surface area contributed by atoms with Crippen molar-refractivity contribution in [1.82, 2.24) is 30.2 Å². The van der Waals surface area contributed by atoms with Crippen molar-refractivity contribution in [3.63, 3.8) is 0 Å². The Kier molecular flexibility index (Phi) is 6.43. The normalized spacial score (nSPS) is 20.2. The number of halogens is 3. The molecule has 0 unspecified atom stereocenters. The number of hydrogen-bond donors (Lipinski definition) is 3. The van der Waals surface area contributed by atoms with Gasteiger partial charge in [0.15, 0.2) is 5.82 Å². The minimum atomic E-state index is -4.60. The zero-order valence-corrected chi connectivity index (χ0v) is 19.1. The molecule has 0 aliphatic heterocycles. The first-order chi connectivity index (χ1) is 16.0. The van der Waals surface area contributed by atoms with Gasteiger partial charge in [0, 0.05) is 18.8 Å². The zero-order valence-electron chi connectivity index (χ0n) is 19.1. The van der Waals surface area contributed by atoms with Crippen LogP contribution in [0.3, 0.4) is 0 Å². The molecule has 2 atom stereocenters. The molecule has 0 radical (unpaired) electrons. The number of benzene rings is 1. The number of para-hydroxylation sites is 1. The maximum atomic E-state index is 13.6. The quantitative estimate of drug-likeness (QED) is 0.493. The lowest BCUT2D eigenvalue weighted by atomic mass is 9.73. The molecule has 0 bridgehead atoms. The molecule has 12 heteroatoms. The van der Waals surface area contributed by atoms with Gasteiger partial charge in [-0.1, -0.05) is 32.0 Å². The van der Waals surface area contributed by atoms with Crippen molar-refractivity contribution in [2.45, 2.75) is 64.9 Å². The summed E-state index contributed by atoms with van der Waals surface area (Å²) in [7, 11) is 0. The van der Waals surface area contributed by atoms with Crippen LogP contribution in [0.4, 0.5) is 24.9 Å². The summed E-state index contributed by atoms with van der Waals surface area (Å²) in [5, 5.41) is 27.7. The minimum Gasteiger partial charge on any atom is -0.393 e. The molecule has 0 amide bonds. The lowest BCUT2D eigenvalue weighted by molar-refractivity contribution is -0.137. The SMILES string of the molecule is Cc1nnnn1-c1ccccc1CNc1ncc(C(F)(F)F)c(N[C@@H]2CC[C@H](O)C(C)(C)C2)n1. The second-order valence-corrected chi connectivity index (χ2v) is 9.20. The van der Waals surface area contributed by atoms with E-state index in [0.717, 1.165) is 17.4 Å². The minimum absolute atomic E-state index is 0.0637. The van der Waals surface area contributed by atoms with Gasteiger partial charge in [-0.25, -0.2) is 4.98 Å². The van der Waals surface area contributed by atoms with E-state index in [1.165, 1.54) is 0 Å². The Labute approximate surface area is 194 Å². The number of aromatic nitrogens is 6. The molecule has 34 heavy (non-hydrogen) atoms. The predicted octanol–water partition coefficient (Wildman–Crippen LogP) is 3.74. The van der Waals surface area contributed by atoms with E-state index in [9.17, 15) is 18.3 Å². The number of aryl methyl sites for hydroxylation is 1. The molecule has 4 rings (SSSR count). The van der Waals surface area contributed by atoms with Crippen LogP contribution in [-0.4, -0.2) is 47.4 Å².